The number of nitrogens with one attached hydrogen (secondary N) is 1. The van der Waals surface area contributed by atoms with Crippen LogP contribution in [0.5, 0.6) is 5.75 Å². The number of amides is 2. The van der Waals surface area contributed by atoms with Gasteiger partial charge in [0.2, 0.25) is 11.8 Å². The molecule has 1 N–H and O–H groups in total. The number of β-lactam (4-membered cyclic amide) rings is 1. The zero-order chi connectivity index (χ0) is 25.7. The third-order valence-electron chi connectivity index (χ3n) is 5.75. The number of carbonyl (C=O) groups is 4. The van der Waals surface area contributed by atoms with Crippen LogP contribution in [0.4, 0.5) is 0 Å². The fourth-order valence-corrected chi connectivity index (χ4v) is 5.04. The quantitative estimate of drug-likeness (QED) is 0.375. The van der Waals surface area contributed by atoms with Crippen LogP contribution in [0.1, 0.15) is 24.7 Å². The van der Waals surface area contributed by atoms with Crippen molar-refractivity contribution in [3.63, 3.8) is 0 Å². The Bertz CT molecular complexity index is 1150. The average molecular weight is 515 g/mol. The summed E-state index contributed by atoms with van der Waals surface area (Å²) in [7, 11) is 1.56. The molecule has 2 aliphatic rings. The lowest BCUT2D eigenvalue weighted by Gasteiger charge is -2.51. The normalized spacial score (nSPS) is 20.5. The van der Waals surface area contributed by atoms with Crippen molar-refractivity contribution in [1.29, 1.82) is 0 Å². The Morgan fingerprint density at radius 3 is 2.56 bits per heavy atom. The largest absolute Gasteiger partial charge is 0.497 e. The van der Waals surface area contributed by atoms with Gasteiger partial charge >= 0.3 is 11.9 Å². The van der Waals surface area contributed by atoms with Crippen LogP contribution in [0.2, 0.25) is 0 Å². The first-order valence-corrected chi connectivity index (χ1v) is 12.3. The van der Waals surface area contributed by atoms with Crippen LogP contribution in [0.3, 0.4) is 0 Å². The highest BCUT2D eigenvalue weighted by atomic mass is 32.2. The van der Waals surface area contributed by atoms with Crippen LogP contribution < -0.4 is 10.1 Å². The highest BCUT2D eigenvalue weighted by Gasteiger charge is 2.56. The number of esters is 2. The van der Waals surface area contributed by atoms with E-state index in [1.807, 2.05) is 0 Å². The number of benzene rings is 1. The maximum atomic E-state index is 13.2. The van der Waals surface area contributed by atoms with Gasteiger partial charge < -0.3 is 28.8 Å². The number of nitrogens with zero attached hydrogens (tertiary/aromatic N) is 1. The van der Waals surface area contributed by atoms with E-state index in [9.17, 15) is 19.2 Å². The Hall–Kier alpha value is -3.73. The molecule has 0 saturated carbocycles. The summed E-state index contributed by atoms with van der Waals surface area (Å²) in [5.74, 6) is -0.707. The minimum absolute atomic E-state index is 0.00441. The second-order valence-electron chi connectivity index (χ2n) is 8.14. The minimum atomic E-state index is -1.06. The summed E-state index contributed by atoms with van der Waals surface area (Å²) in [6, 6.07) is 8.52. The first-order chi connectivity index (χ1) is 17.4. The molecule has 3 heterocycles. The standard InChI is InChI=1S/C25H26N2O8S/c1-3-20(29)34-13-16-14-36-24-21(26-19(28)11-18-5-4-10-33-18)23(30)27(24)22(16)25(31)35-12-15-6-8-17(32-2)9-7-15/h4-10,14,21-22,24H,3,11-13H2,1-2H3,(H,26,28)/t21?,22?,24-/m1/s1. The number of carbonyl (C=O) groups excluding carboxylic acids is 4. The number of hydrogen-bond donors (Lipinski definition) is 1. The molecule has 10 nitrogen and oxygen atoms in total. The van der Waals surface area contributed by atoms with Crippen molar-refractivity contribution in [3.05, 3.63) is 65.0 Å². The van der Waals surface area contributed by atoms with E-state index in [1.54, 1.807) is 55.8 Å². The molecule has 0 bridgehead atoms. The summed E-state index contributed by atoms with van der Waals surface area (Å²) in [6.07, 6.45) is 1.65. The molecule has 190 valence electrons. The van der Waals surface area contributed by atoms with E-state index in [0.717, 1.165) is 5.56 Å². The summed E-state index contributed by atoms with van der Waals surface area (Å²) in [5, 5.41) is 3.91. The molecule has 2 aliphatic heterocycles. The van der Waals surface area contributed by atoms with E-state index in [-0.39, 0.29) is 32.0 Å². The van der Waals surface area contributed by atoms with Gasteiger partial charge in [-0.3, -0.25) is 14.4 Å². The maximum absolute atomic E-state index is 13.2. The first-order valence-electron chi connectivity index (χ1n) is 11.3. The molecule has 36 heavy (non-hydrogen) atoms. The fraction of sp³-hybridized carbons (Fsp3) is 0.360. The number of ether oxygens (including phenoxy) is 3. The van der Waals surface area contributed by atoms with Crippen LogP contribution in [0.15, 0.2) is 58.1 Å². The molecule has 4 rings (SSSR count). The lowest BCUT2D eigenvalue weighted by Crippen LogP contribution is -2.74. The molecule has 2 aromatic rings. The summed E-state index contributed by atoms with van der Waals surface area (Å²) in [4.78, 5) is 51.7. The van der Waals surface area contributed by atoms with Gasteiger partial charge in [-0.05, 0) is 35.2 Å². The van der Waals surface area contributed by atoms with Gasteiger partial charge in [0.1, 0.15) is 36.1 Å². The van der Waals surface area contributed by atoms with E-state index in [0.29, 0.717) is 17.1 Å². The zero-order valence-electron chi connectivity index (χ0n) is 19.8. The lowest BCUT2D eigenvalue weighted by molar-refractivity contribution is -0.164. The van der Waals surface area contributed by atoms with Gasteiger partial charge in [-0.15, -0.1) is 11.8 Å². The number of rotatable bonds is 10. The summed E-state index contributed by atoms with van der Waals surface area (Å²) in [5.41, 5.74) is 1.18. The van der Waals surface area contributed by atoms with Gasteiger partial charge in [0.15, 0.2) is 6.04 Å². The molecular weight excluding hydrogens is 488 g/mol. The van der Waals surface area contributed by atoms with Gasteiger partial charge in [-0.25, -0.2) is 4.79 Å². The van der Waals surface area contributed by atoms with E-state index < -0.39 is 35.3 Å². The minimum Gasteiger partial charge on any atom is -0.497 e. The van der Waals surface area contributed by atoms with Crippen LogP contribution >= 0.6 is 11.8 Å². The van der Waals surface area contributed by atoms with Crippen molar-refractivity contribution >= 4 is 35.5 Å². The molecule has 0 spiro atoms. The predicted molar refractivity (Wildman–Crippen MR) is 128 cm³/mol. The lowest BCUT2D eigenvalue weighted by atomic mass is 9.98. The van der Waals surface area contributed by atoms with Crippen molar-refractivity contribution in [2.24, 2.45) is 0 Å². The zero-order valence-corrected chi connectivity index (χ0v) is 20.6. The number of thioether (sulfide) groups is 1. The summed E-state index contributed by atoms with van der Waals surface area (Å²) < 4.78 is 21.1. The Kier molecular flexibility index (Phi) is 7.99. The third kappa shape index (κ3) is 5.56. The predicted octanol–water partition coefficient (Wildman–Crippen LogP) is 2.18. The van der Waals surface area contributed by atoms with Crippen molar-refractivity contribution in [1.82, 2.24) is 10.2 Å². The van der Waals surface area contributed by atoms with Crippen molar-refractivity contribution in [2.75, 3.05) is 13.7 Å². The van der Waals surface area contributed by atoms with Gasteiger partial charge in [0.05, 0.1) is 19.8 Å². The van der Waals surface area contributed by atoms with Crippen molar-refractivity contribution in [3.8, 4) is 5.75 Å². The van der Waals surface area contributed by atoms with E-state index in [4.69, 9.17) is 18.6 Å². The molecule has 0 radical (unpaired) electrons. The fourth-order valence-electron chi connectivity index (χ4n) is 3.83. The molecular formula is C25H26N2O8S. The molecule has 3 atom stereocenters. The molecule has 1 fully saturated rings. The smallest absolute Gasteiger partial charge is 0.333 e. The maximum Gasteiger partial charge on any atom is 0.333 e. The van der Waals surface area contributed by atoms with E-state index >= 15 is 0 Å². The number of hydrogen-bond acceptors (Lipinski definition) is 9. The van der Waals surface area contributed by atoms with Crippen LogP contribution in [-0.2, 0) is 41.7 Å². The molecule has 2 amide bonds. The SMILES string of the molecule is CCC(=O)OCC1=CS[C@@H]2C(NC(=O)Cc3ccco3)C(=O)N2C1C(=O)OCc1ccc(OC)cc1. The second kappa shape index (κ2) is 11.3. The molecule has 2 unspecified atom stereocenters. The number of methoxy groups -OCH3 is 1. The van der Waals surface area contributed by atoms with Crippen molar-refractivity contribution < 1.29 is 37.8 Å². The monoisotopic (exact) mass is 514 g/mol. The average Bonchev–Trinajstić information content (AvgIpc) is 3.41. The Balaban J connectivity index is 1.45. The highest BCUT2D eigenvalue weighted by molar-refractivity contribution is 8.02. The Labute approximate surface area is 211 Å². The third-order valence-corrected chi connectivity index (χ3v) is 6.97. The topological polar surface area (TPSA) is 124 Å². The van der Waals surface area contributed by atoms with Crippen LogP contribution in [0.25, 0.3) is 0 Å². The molecule has 0 aliphatic carbocycles. The second-order valence-corrected chi connectivity index (χ2v) is 9.13. The van der Waals surface area contributed by atoms with Crippen molar-refractivity contribution in [2.45, 2.75) is 43.8 Å². The van der Waals surface area contributed by atoms with Gasteiger partial charge in [-0.1, -0.05) is 19.1 Å². The van der Waals surface area contributed by atoms with E-state index in [1.165, 1.54) is 22.9 Å². The number of furan rings is 1. The van der Waals surface area contributed by atoms with Crippen LogP contribution in [0, 0.1) is 0 Å². The van der Waals surface area contributed by atoms with Gasteiger partial charge in [0.25, 0.3) is 0 Å². The molecule has 1 saturated heterocycles. The van der Waals surface area contributed by atoms with Gasteiger partial charge in [0, 0.05) is 12.0 Å². The van der Waals surface area contributed by atoms with Crippen LogP contribution in [-0.4, -0.2) is 59.8 Å². The Morgan fingerprint density at radius 2 is 1.89 bits per heavy atom. The molecule has 11 heteroatoms. The number of fused-ring (bicyclic) bond motifs is 1. The Morgan fingerprint density at radius 1 is 1.11 bits per heavy atom. The highest BCUT2D eigenvalue weighted by Crippen LogP contribution is 2.40. The molecule has 1 aromatic heterocycles. The molecule has 1 aromatic carbocycles. The van der Waals surface area contributed by atoms with E-state index in [2.05, 4.69) is 5.32 Å². The summed E-state index contributed by atoms with van der Waals surface area (Å²) in [6.45, 7) is 1.51. The summed E-state index contributed by atoms with van der Waals surface area (Å²) >= 11 is 1.27. The van der Waals surface area contributed by atoms with Gasteiger partial charge in [-0.2, -0.15) is 0 Å². The first kappa shape index (κ1) is 25.4.